The van der Waals surface area contributed by atoms with Gasteiger partial charge in [0.15, 0.2) is 0 Å². The molecule has 0 N–H and O–H groups in total. The maximum Gasteiger partial charge on any atom is 0.144 e. The summed E-state index contributed by atoms with van der Waals surface area (Å²) < 4.78 is 0. The number of aryl methyl sites for hydroxylation is 2. The highest BCUT2D eigenvalue weighted by Gasteiger charge is 2.08. The van der Waals surface area contributed by atoms with Gasteiger partial charge in [-0.15, -0.1) is 11.3 Å². The largest absolute Gasteiger partial charge is 0.261 e. The summed E-state index contributed by atoms with van der Waals surface area (Å²) in [4.78, 5) is 13.0. The molecule has 0 spiro atoms. The Labute approximate surface area is 116 Å². The Morgan fingerprint density at radius 1 is 1.00 bits per heavy atom. The molecule has 0 aliphatic heterocycles. The van der Waals surface area contributed by atoms with Crippen LogP contribution in [0, 0.1) is 13.8 Å². The fourth-order valence-corrected chi connectivity index (χ4v) is 2.62. The second-order valence-electron chi connectivity index (χ2n) is 4.43. The lowest BCUT2D eigenvalue weighted by Crippen LogP contribution is -1.85. The van der Waals surface area contributed by atoms with E-state index >= 15 is 0 Å². The predicted octanol–water partition coefficient (Wildman–Crippen LogP) is 3.88. The van der Waals surface area contributed by atoms with Crippen LogP contribution in [0.25, 0.3) is 22.0 Å². The normalized spacial score (nSPS) is 10.6. The second-order valence-corrected chi connectivity index (χ2v) is 5.29. The summed E-state index contributed by atoms with van der Waals surface area (Å²) in [6.07, 6.45) is 5.09. The number of aromatic nitrogens is 3. The summed E-state index contributed by atoms with van der Waals surface area (Å²) in [5.41, 5.74) is 5.55. The van der Waals surface area contributed by atoms with E-state index in [9.17, 15) is 0 Å². The van der Waals surface area contributed by atoms with Crippen molar-refractivity contribution in [1.29, 1.82) is 0 Å². The molecule has 0 saturated heterocycles. The molecule has 94 valence electrons. The molecule has 0 aliphatic carbocycles. The van der Waals surface area contributed by atoms with Gasteiger partial charge < -0.3 is 0 Å². The van der Waals surface area contributed by atoms with Crippen LogP contribution in [0.4, 0.5) is 0 Å². The molecule has 0 fully saturated rings. The van der Waals surface area contributed by atoms with E-state index in [0.29, 0.717) is 0 Å². The fourth-order valence-electron chi connectivity index (χ4n) is 1.83. The van der Waals surface area contributed by atoms with Crippen LogP contribution in [0.5, 0.6) is 0 Å². The monoisotopic (exact) mass is 267 g/mol. The van der Waals surface area contributed by atoms with Crippen LogP contribution in [0.1, 0.15) is 11.1 Å². The second kappa shape index (κ2) is 4.90. The molecule has 0 amide bonds. The van der Waals surface area contributed by atoms with E-state index in [2.05, 4.69) is 52.4 Å². The predicted molar refractivity (Wildman–Crippen MR) is 78.1 cm³/mol. The fraction of sp³-hybridized carbons (Fsp3) is 0.133. The third kappa shape index (κ3) is 2.39. The van der Waals surface area contributed by atoms with Gasteiger partial charge in [0.1, 0.15) is 10.7 Å². The van der Waals surface area contributed by atoms with Gasteiger partial charge in [-0.25, -0.2) is 4.98 Å². The highest BCUT2D eigenvalue weighted by molar-refractivity contribution is 7.13. The minimum absolute atomic E-state index is 0.822. The van der Waals surface area contributed by atoms with Crippen LogP contribution in [-0.4, -0.2) is 15.0 Å². The minimum atomic E-state index is 0.822. The molecule has 0 aliphatic rings. The van der Waals surface area contributed by atoms with E-state index in [1.807, 2.05) is 0 Å². The van der Waals surface area contributed by atoms with Crippen molar-refractivity contribution in [2.45, 2.75) is 13.8 Å². The zero-order valence-electron chi connectivity index (χ0n) is 10.8. The van der Waals surface area contributed by atoms with Crippen molar-refractivity contribution in [2.75, 3.05) is 0 Å². The number of hydrogen-bond donors (Lipinski definition) is 0. The molecule has 0 unspecified atom stereocenters. The molecule has 3 aromatic rings. The van der Waals surface area contributed by atoms with Gasteiger partial charge in [0.05, 0.1) is 11.9 Å². The van der Waals surface area contributed by atoms with E-state index in [4.69, 9.17) is 0 Å². The molecule has 0 radical (unpaired) electrons. The number of rotatable bonds is 2. The summed E-state index contributed by atoms with van der Waals surface area (Å²) in [5, 5.41) is 2.97. The van der Waals surface area contributed by atoms with Crippen molar-refractivity contribution in [3.8, 4) is 22.0 Å². The molecule has 3 nitrogen and oxygen atoms in total. The van der Waals surface area contributed by atoms with Crippen LogP contribution in [0.3, 0.4) is 0 Å². The van der Waals surface area contributed by atoms with Crippen molar-refractivity contribution in [3.05, 3.63) is 53.3 Å². The molecule has 3 rings (SSSR count). The van der Waals surface area contributed by atoms with Crippen molar-refractivity contribution in [1.82, 2.24) is 15.0 Å². The molecule has 1 aromatic carbocycles. The quantitative estimate of drug-likeness (QED) is 0.707. The Morgan fingerprint density at radius 3 is 2.63 bits per heavy atom. The van der Waals surface area contributed by atoms with Gasteiger partial charge in [0, 0.05) is 23.3 Å². The van der Waals surface area contributed by atoms with Gasteiger partial charge >= 0.3 is 0 Å². The first-order valence-corrected chi connectivity index (χ1v) is 6.91. The molecule has 19 heavy (non-hydrogen) atoms. The highest BCUT2D eigenvalue weighted by Crippen LogP contribution is 2.28. The lowest BCUT2D eigenvalue weighted by Gasteiger charge is -2.02. The molecule has 0 atom stereocenters. The zero-order chi connectivity index (χ0) is 13.2. The summed E-state index contributed by atoms with van der Waals surface area (Å²) in [6, 6.07) is 6.41. The summed E-state index contributed by atoms with van der Waals surface area (Å²) >= 11 is 1.59. The third-order valence-electron chi connectivity index (χ3n) is 3.09. The molecule has 4 heteroatoms. The van der Waals surface area contributed by atoms with E-state index < -0.39 is 0 Å². The Kier molecular flexibility index (Phi) is 3.09. The molecular weight excluding hydrogens is 254 g/mol. The van der Waals surface area contributed by atoms with E-state index in [1.54, 1.807) is 29.9 Å². The smallest absolute Gasteiger partial charge is 0.144 e. The molecule has 2 aromatic heterocycles. The number of hydrogen-bond acceptors (Lipinski definition) is 4. The zero-order valence-corrected chi connectivity index (χ0v) is 11.6. The first kappa shape index (κ1) is 12.0. The Morgan fingerprint density at radius 2 is 1.89 bits per heavy atom. The molecule has 0 saturated carbocycles. The Balaban J connectivity index is 1.99. The van der Waals surface area contributed by atoms with E-state index in [1.165, 1.54) is 11.1 Å². The van der Waals surface area contributed by atoms with Crippen molar-refractivity contribution in [2.24, 2.45) is 0 Å². The van der Waals surface area contributed by atoms with Gasteiger partial charge in [-0.3, -0.25) is 9.97 Å². The molecular formula is C15H13N3S. The maximum atomic E-state index is 4.64. The molecule has 2 heterocycles. The lowest BCUT2D eigenvalue weighted by atomic mass is 10.1. The summed E-state index contributed by atoms with van der Waals surface area (Å²) in [7, 11) is 0. The Bertz CT molecular complexity index is 704. The third-order valence-corrected chi connectivity index (χ3v) is 3.95. The van der Waals surface area contributed by atoms with Gasteiger partial charge in [-0.2, -0.15) is 0 Å². The van der Waals surface area contributed by atoms with Crippen LogP contribution in [-0.2, 0) is 0 Å². The topological polar surface area (TPSA) is 38.7 Å². The van der Waals surface area contributed by atoms with Gasteiger partial charge in [0.2, 0.25) is 0 Å². The summed E-state index contributed by atoms with van der Waals surface area (Å²) in [6.45, 7) is 4.24. The van der Waals surface area contributed by atoms with Crippen LogP contribution < -0.4 is 0 Å². The summed E-state index contributed by atoms with van der Waals surface area (Å²) in [5.74, 6) is 0. The van der Waals surface area contributed by atoms with E-state index in [-0.39, 0.29) is 0 Å². The van der Waals surface area contributed by atoms with Crippen molar-refractivity contribution >= 4 is 11.3 Å². The van der Waals surface area contributed by atoms with E-state index in [0.717, 1.165) is 22.0 Å². The molecule has 0 bridgehead atoms. The highest BCUT2D eigenvalue weighted by atomic mass is 32.1. The van der Waals surface area contributed by atoms with Crippen LogP contribution >= 0.6 is 11.3 Å². The number of benzene rings is 1. The average molecular weight is 267 g/mol. The van der Waals surface area contributed by atoms with Gasteiger partial charge in [0.25, 0.3) is 0 Å². The average Bonchev–Trinajstić information content (AvgIpc) is 2.93. The Hall–Kier alpha value is -2.07. The van der Waals surface area contributed by atoms with Gasteiger partial charge in [-0.05, 0) is 31.0 Å². The van der Waals surface area contributed by atoms with Gasteiger partial charge in [-0.1, -0.05) is 12.1 Å². The van der Waals surface area contributed by atoms with Crippen molar-refractivity contribution < 1.29 is 0 Å². The minimum Gasteiger partial charge on any atom is -0.261 e. The SMILES string of the molecule is Cc1ccc(-c2csc(-c3cnccn3)n2)cc1C. The lowest BCUT2D eigenvalue weighted by molar-refractivity contribution is 1.19. The number of nitrogens with zero attached hydrogens (tertiary/aromatic N) is 3. The van der Waals surface area contributed by atoms with Crippen LogP contribution in [0.15, 0.2) is 42.2 Å². The first-order valence-electron chi connectivity index (χ1n) is 6.03. The van der Waals surface area contributed by atoms with Crippen LogP contribution in [0.2, 0.25) is 0 Å². The van der Waals surface area contributed by atoms with Crippen molar-refractivity contribution in [3.63, 3.8) is 0 Å². The maximum absolute atomic E-state index is 4.64. The number of thiazole rings is 1. The standard InChI is InChI=1S/C15H13N3S/c1-10-3-4-12(7-11(10)2)14-9-19-15(18-14)13-8-16-5-6-17-13/h3-9H,1-2H3. The first-order chi connectivity index (χ1) is 9.24.